The van der Waals surface area contributed by atoms with Crippen LogP contribution in [-0.4, -0.2) is 31.1 Å². The van der Waals surface area contributed by atoms with Gasteiger partial charge in [-0.3, -0.25) is 4.79 Å². The Kier molecular flexibility index (Phi) is 4.26. The van der Waals surface area contributed by atoms with Crippen LogP contribution in [0.3, 0.4) is 0 Å². The number of rotatable bonds is 6. The number of aromatic nitrogens is 1. The number of hydrogen-bond donors (Lipinski definition) is 1. The standard InChI is InChI=1S/C20H19NO4/c1-23-25-12-11-24-17-10-8-14-16(22)9-7-15-18(14)20(17)21-19(15)13-5-3-2-4-6-13/h2-6,8,10,21H,7,9,11-12H2,1H3. The van der Waals surface area contributed by atoms with E-state index in [4.69, 9.17) is 9.62 Å². The highest BCUT2D eigenvalue weighted by Gasteiger charge is 2.26. The number of nitrogens with one attached hydrogen (secondary N) is 1. The summed E-state index contributed by atoms with van der Waals surface area (Å²) in [4.78, 5) is 25.3. The van der Waals surface area contributed by atoms with Gasteiger partial charge in [0.1, 0.15) is 19.0 Å². The first-order valence-electron chi connectivity index (χ1n) is 8.34. The number of aromatic amines is 1. The molecular formula is C20H19NO4. The van der Waals surface area contributed by atoms with Gasteiger partial charge >= 0.3 is 0 Å². The van der Waals surface area contributed by atoms with Crippen LogP contribution in [-0.2, 0) is 16.2 Å². The van der Waals surface area contributed by atoms with Gasteiger partial charge in [-0.1, -0.05) is 30.3 Å². The SMILES string of the molecule is COOCCOc1ccc2c3c(c(-c4ccccc4)[nH]c13)CCC2=O. The molecule has 0 radical (unpaired) electrons. The highest BCUT2D eigenvalue weighted by atomic mass is 17.2. The zero-order valence-corrected chi connectivity index (χ0v) is 14.0. The largest absolute Gasteiger partial charge is 0.489 e. The third-order valence-electron chi connectivity index (χ3n) is 4.53. The quantitative estimate of drug-likeness (QED) is 0.421. The Morgan fingerprint density at radius 3 is 2.68 bits per heavy atom. The van der Waals surface area contributed by atoms with E-state index in [1.165, 1.54) is 12.7 Å². The van der Waals surface area contributed by atoms with E-state index in [-0.39, 0.29) is 5.78 Å². The van der Waals surface area contributed by atoms with Crippen LogP contribution in [0.25, 0.3) is 22.2 Å². The third kappa shape index (κ3) is 2.81. The normalized spacial score (nSPS) is 13.4. The Bertz CT molecular complexity index is 914. The highest BCUT2D eigenvalue weighted by Crippen LogP contribution is 2.40. The van der Waals surface area contributed by atoms with Crippen molar-refractivity contribution in [3.05, 3.63) is 53.6 Å². The van der Waals surface area contributed by atoms with Crippen molar-refractivity contribution in [1.82, 2.24) is 4.98 Å². The van der Waals surface area contributed by atoms with E-state index in [1.807, 2.05) is 30.3 Å². The summed E-state index contributed by atoms with van der Waals surface area (Å²) in [5, 5.41) is 0.986. The fourth-order valence-electron chi connectivity index (χ4n) is 3.44. The van der Waals surface area contributed by atoms with E-state index < -0.39 is 0 Å². The third-order valence-corrected chi connectivity index (χ3v) is 4.53. The molecule has 3 aromatic rings. The van der Waals surface area contributed by atoms with Gasteiger partial charge in [0.15, 0.2) is 5.78 Å². The first-order valence-corrected chi connectivity index (χ1v) is 8.34. The highest BCUT2D eigenvalue weighted by molar-refractivity contribution is 6.13. The van der Waals surface area contributed by atoms with E-state index in [2.05, 4.69) is 22.0 Å². The molecule has 0 unspecified atom stereocenters. The van der Waals surface area contributed by atoms with Crippen molar-refractivity contribution in [3.8, 4) is 17.0 Å². The molecule has 0 aliphatic heterocycles. The van der Waals surface area contributed by atoms with Crippen molar-refractivity contribution in [2.75, 3.05) is 20.3 Å². The molecule has 25 heavy (non-hydrogen) atoms. The second-order valence-electron chi connectivity index (χ2n) is 5.97. The molecule has 128 valence electrons. The Balaban J connectivity index is 1.82. The Labute approximate surface area is 145 Å². The fourth-order valence-corrected chi connectivity index (χ4v) is 3.44. The second kappa shape index (κ2) is 6.70. The summed E-state index contributed by atoms with van der Waals surface area (Å²) in [5.41, 5.74) is 5.01. The minimum atomic E-state index is 0.186. The van der Waals surface area contributed by atoms with Crippen molar-refractivity contribution in [2.24, 2.45) is 0 Å². The van der Waals surface area contributed by atoms with Crippen LogP contribution in [0.4, 0.5) is 0 Å². The maximum absolute atomic E-state index is 12.3. The van der Waals surface area contributed by atoms with Crippen LogP contribution in [0, 0.1) is 0 Å². The van der Waals surface area contributed by atoms with Crippen LogP contribution in [0.1, 0.15) is 22.3 Å². The molecule has 0 saturated heterocycles. The lowest BCUT2D eigenvalue weighted by atomic mass is 9.89. The summed E-state index contributed by atoms with van der Waals surface area (Å²) in [6, 6.07) is 13.9. The Morgan fingerprint density at radius 2 is 1.88 bits per heavy atom. The van der Waals surface area contributed by atoms with E-state index in [0.717, 1.165) is 39.9 Å². The van der Waals surface area contributed by atoms with Crippen LogP contribution < -0.4 is 4.74 Å². The van der Waals surface area contributed by atoms with E-state index in [1.54, 1.807) is 0 Å². The lowest BCUT2D eigenvalue weighted by molar-refractivity contribution is -0.274. The maximum Gasteiger partial charge on any atom is 0.163 e. The lowest BCUT2D eigenvalue weighted by Crippen LogP contribution is -2.09. The molecule has 1 aliphatic carbocycles. The number of ether oxygens (including phenoxy) is 1. The molecule has 5 heteroatoms. The fraction of sp³-hybridized carbons (Fsp3) is 0.250. The van der Waals surface area contributed by atoms with E-state index in [9.17, 15) is 4.79 Å². The molecule has 0 atom stereocenters. The predicted octanol–water partition coefficient (Wildman–Crippen LogP) is 3.92. The monoisotopic (exact) mass is 337 g/mol. The molecule has 1 N–H and O–H groups in total. The molecule has 4 rings (SSSR count). The van der Waals surface area contributed by atoms with Gasteiger partial charge in [0.2, 0.25) is 0 Å². The molecule has 0 saturated carbocycles. The van der Waals surface area contributed by atoms with E-state index in [0.29, 0.717) is 19.6 Å². The van der Waals surface area contributed by atoms with E-state index >= 15 is 0 Å². The van der Waals surface area contributed by atoms with Gasteiger partial charge in [0.05, 0.1) is 12.6 Å². The van der Waals surface area contributed by atoms with Crippen molar-refractivity contribution in [1.29, 1.82) is 0 Å². The smallest absolute Gasteiger partial charge is 0.163 e. The van der Waals surface area contributed by atoms with Crippen LogP contribution in [0.2, 0.25) is 0 Å². The number of ketones is 1. The average Bonchev–Trinajstić information content (AvgIpc) is 3.04. The van der Waals surface area contributed by atoms with Gasteiger partial charge in [-0.05, 0) is 29.7 Å². The number of carbonyl (C=O) groups excluding carboxylic acids is 1. The first kappa shape index (κ1) is 15.9. The predicted molar refractivity (Wildman–Crippen MR) is 94.8 cm³/mol. The molecule has 0 spiro atoms. The summed E-state index contributed by atoms with van der Waals surface area (Å²) < 4.78 is 5.84. The van der Waals surface area contributed by atoms with Gasteiger partial charge in [0.25, 0.3) is 0 Å². The van der Waals surface area contributed by atoms with Gasteiger partial charge in [-0.2, -0.15) is 0 Å². The molecule has 0 bridgehead atoms. The number of H-pyrrole nitrogens is 1. The van der Waals surface area contributed by atoms with Crippen molar-refractivity contribution in [2.45, 2.75) is 12.8 Å². The topological polar surface area (TPSA) is 60.6 Å². The maximum atomic E-state index is 12.3. The Morgan fingerprint density at radius 1 is 1.04 bits per heavy atom. The van der Waals surface area contributed by atoms with Gasteiger partial charge in [-0.25, -0.2) is 9.78 Å². The minimum absolute atomic E-state index is 0.186. The van der Waals surface area contributed by atoms with Crippen molar-refractivity contribution < 1.29 is 19.3 Å². The summed E-state index contributed by atoms with van der Waals surface area (Å²) >= 11 is 0. The lowest BCUT2D eigenvalue weighted by Gasteiger charge is -2.14. The van der Waals surface area contributed by atoms with Gasteiger partial charge in [0, 0.05) is 23.1 Å². The number of benzene rings is 2. The number of aryl methyl sites for hydroxylation is 1. The van der Waals surface area contributed by atoms with Crippen LogP contribution >= 0.6 is 0 Å². The van der Waals surface area contributed by atoms with Crippen molar-refractivity contribution >= 4 is 16.7 Å². The zero-order valence-electron chi connectivity index (χ0n) is 14.0. The molecule has 1 heterocycles. The zero-order chi connectivity index (χ0) is 17.2. The number of carbonyl (C=O) groups is 1. The second-order valence-corrected chi connectivity index (χ2v) is 5.97. The molecule has 0 amide bonds. The molecule has 1 aromatic heterocycles. The minimum Gasteiger partial charge on any atom is -0.489 e. The molecule has 0 fully saturated rings. The molecule has 2 aromatic carbocycles. The molecule has 5 nitrogen and oxygen atoms in total. The summed E-state index contributed by atoms with van der Waals surface area (Å²) in [6.07, 6.45) is 1.29. The number of hydrogen-bond acceptors (Lipinski definition) is 4. The summed E-state index contributed by atoms with van der Waals surface area (Å²) in [6.45, 7) is 0.697. The van der Waals surface area contributed by atoms with Crippen LogP contribution in [0.5, 0.6) is 5.75 Å². The first-order chi connectivity index (χ1) is 12.3. The average molecular weight is 337 g/mol. The summed E-state index contributed by atoms with van der Waals surface area (Å²) in [5.74, 6) is 0.905. The van der Waals surface area contributed by atoms with Crippen LogP contribution in [0.15, 0.2) is 42.5 Å². The van der Waals surface area contributed by atoms with Crippen molar-refractivity contribution in [3.63, 3.8) is 0 Å². The molecule has 1 aliphatic rings. The van der Waals surface area contributed by atoms with Gasteiger partial charge < -0.3 is 9.72 Å². The number of Topliss-reactive ketones (excluding diaryl/α,β-unsaturated/α-hetero) is 1. The molecular weight excluding hydrogens is 318 g/mol. The Hall–Kier alpha value is -2.63. The van der Waals surface area contributed by atoms with Gasteiger partial charge in [-0.15, -0.1) is 0 Å². The summed E-state index contributed by atoms with van der Waals surface area (Å²) in [7, 11) is 1.47.